The molecule has 0 saturated carbocycles. The lowest BCUT2D eigenvalue weighted by Gasteiger charge is -2.15. The Morgan fingerprint density at radius 3 is 1.37 bits per heavy atom. The van der Waals surface area contributed by atoms with Crippen molar-refractivity contribution < 1.29 is 9.59 Å². The first kappa shape index (κ1) is 20.7. The van der Waals surface area contributed by atoms with Gasteiger partial charge >= 0.3 is 0 Å². The Morgan fingerprint density at radius 2 is 1.21 bits per heavy atom. The molecule has 0 aliphatic rings. The Kier molecular flexibility index (Phi) is 13.5. The highest BCUT2D eigenvalue weighted by molar-refractivity contribution is 5.82. The molecule has 0 fully saturated rings. The summed E-state index contributed by atoms with van der Waals surface area (Å²) in [5.41, 5.74) is 0. The molecule has 19 heavy (non-hydrogen) atoms. The highest BCUT2D eigenvalue weighted by Crippen LogP contribution is 2.18. The Balaban J connectivity index is 0. The van der Waals surface area contributed by atoms with Crippen LogP contribution in [0.15, 0.2) is 0 Å². The fourth-order valence-corrected chi connectivity index (χ4v) is 2.01. The second kappa shape index (κ2) is 12.4. The van der Waals surface area contributed by atoms with Gasteiger partial charge in [-0.2, -0.15) is 0 Å². The van der Waals surface area contributed by atoms with Crippen LogP contribution >= 0.6 is 0 Å². The molecule has 0 rings (SSSR count). The molecule has 0 unspecified atom stereocenters. The van der Waals surface area contributed by atoms with Crippen LogP contribution in [-0.2, 0) is 9.59 Å². The van der Waals surface area contributed by atoms with E-state index in [4.69, 9.17) is 0 Å². The van der Waals surface area contributed by atoms with Gasteiger partial charge in [0.2, 0.25) is 0 Å². The summed E-state index contributed by atoms with van der Waals surface area (Å²) in [7, 11) is 0. The van der Waals surface area contributed by atoms with Gasteiger partial charge in [-0.15, -0.1) is 0 Å². The molecule has 2 nitrogen and oxygen atoms in total. The van der Waals surface area contributed by atoms with E-state index in [1.54, 1.807) is 0 Å². The van der Waals surface area contributed by atoms with E-state index in [0.29, 0.717) is 23.9 Å². The van der Waals surface area contributed by atoms with E-state index >= 15 is 0 Å². The van der Waals surface area contributed by atoms with Crippen molar-refractivity contribution in [3.63, 3.8) is 0 Å². The van der Waals surface area contributed by atoms with E-state index < -0.39 is 0 Å². The van der Waals surface area contributed by atoms with Crippen LogP contribution in [0.3, 0.4) is 0 Å². The van der Waals surface area contributed by atoms with Crippen LogP contribution in [-0.4, -0.2) is 11.6 Å². The second-order valence-electron chi connectivity index (χ2n) is 5.81. The lowest BCUT2D eigenvalue weighted by Crippen LogP contribution is -2.19. The largest absolute Gasteiger partial charge is 0.299 e. The lowest BCUT2D eigenvalue weighted by atomic mass is 9.88. The quantitative estimate of drug-likeness (QED) is 0.618. The minimum atomic E-state index is 0.216. The first-order valence-corrected chi connectivity index (χ1v) is 7.88. The number of carbonyl (C=O) groups is 2. The van der Waals surface area contributed by atoms with E-state index in [9.17, 15) is 9.59 Å². The molecule has 0 heterocycles. The Labute approximate surface area is 120 Å². The summed E-state index contributed by atoms with van der Waals surface area (Å²) in [4.78, 5) is 22.1. The van der Waals surface area contributed by atoms with Gasteiger partial charge < -0.3 is 0 Å². The van der Waals surface area contributed by atoms with Crippen LogP contribution in [0.4, 0.5) is 0 Å². The predicted octanol–water partition coefficient (Wildman–Crippen LogP) is 5.05. The summed E-state index contributed by atoms with van der Waals surface area (Å²) >= 11 is 0. The van der Waals surface area contributed by atoms with Gasteiger partial charge in [0, 0.05) is 24.2 Å². The van der Waals surface area contributed by atoms with Gasteiger partial charge in [0.15, 0.2) is 0 Å². The zero-order valence-electron chi connectivity index (χ0n) is 14.1. The molecule has 0 bridgehead atoms. The number of Topliss-reactive ketones (excluding diaryl/α,β-unsaturated/α-hetero) is 2. The molecule has 0 saturated heterocycles. The molecule has 0 atom stereocenters. The fraction of sp³-hybridized carbons (Fsp3) is 0.882. The van der Waals surface area contributed by atoms with E-state index in [1.807, 2.05) is 34.6 Å². The second-order valence-corrected chi connectivity index (χ2v) is 5.81. The van der Waals surface area contributed by atoms with Crippen molar-refractivity contribution in [3.05, 3.63) is 0 Å². The molecule has 0 aromatic carbocycles. The highest BCUT2D eigenvalue weighted by atomic mass is 16.1. The molecule has 2 heteroatoms. The van der Waals surface area contributed by atoms with Crippen molar-refractivity contribution in [2.24, 2.45) is 17.8 Å². The molecule has 0 spiro atoms. The van der Waals surface area contributed by atoms with Crippen molar-refractivity contribution in [2.75, 3.05) is 0 Å². The topological polar surface area (TPSA) is 34.1 Å². The molecule has 0 amide bonds. The summed E-state index contributed by atoms with van der Waals surface area (Å²) < 4.78 is 0. The van der Waals surface area contributed by atoms with Gasteiger partial charge in [0.25, 0.3) is 0 Å². The lowest BCUT2D eigenvalue weighted by molar-refractivity contribution is -0.126. The van der Waals surface area contributed by atoms with Gasteiger partial charge in [-0.05, 0) is 12.8 Å². The Bertz CT molecular complexity index is 236. The highest BCUT2D eigenvalue weighted by Gasteiger charge is 2.18. The maximum absolute atomic E-state index is 11.6. The number of hydrogen-bond donors (Lipinski definition) is 0. The average molecular weight is 270 g/mol. The van der Waals surface area contributed by atoms with Crippen LogP contribution < -0.4 is 0 Å². The van der Waals surface area contributed by atoms with Crippen LogP contribution in [0.2, 0.25) is 0 Å². The van der Waals surface area contributed by atoms with Crippen LogP contribution in [0.25, 0.3) is 0 Å². The van der Waals surface area contributed by atoms with Crippen molar-refractivity contribution in [1.29, 1.82) is 0 Å². The molecule has 0 N–H and O–H groups in total. The van der Waals surface area contributed by atoms with Gasteiger partial charge in [-0.3, -0.25) is 9.59 Å². The Morgan fingerprint density at radius 1 is 0.789 bits per heavy atom. The van der Waals surface area contributed by atoms with Crippen molar-refractivity contribution in [1.82, 2.24) is 0 Å². The molecule has 0 aliphatic heterocycles. The summed E-state index contributed by atoms with van der Waals surface area (Å²) in [6.45, 7) is 14.0. The van der Waals surface area contributed by atoms with Crippen LogP contribution in [0, 0.1) is 17.8 Å². The number of ketones is 2. The van der Waals surface area contributed by atoms with E-state index in [-0.39, 0.29) is 11.8 Å². The van der Waals surface area contributed by atoms with Gasteiger partial charge in [0.05, 0.1) is 0 Å². The van der Waals surface area contributed by atoms with Crippen LogP contribution in [0.5, 0.6) is 0 Å². The maximum Gasteiger partial charge on any atom is 0.138 e. The first-order valence-electron chi connectivity index (χ1n) is 7.88. The molecule has 0 aliphatic carbocycles. The molecular formula is C17H34O2. The van der Waals surface area contributed by atoms with Gasteiger partial charge in [0.1, 0.15) is 11.6 Å². The maximum atomic E-state index is 11.6. The van der Waals surface area contributed by atoms with Crippen molar-refractivity contribution in [2.45, 2.75) is 80.6 Å². The zero-order chi connectivity index (χ0) is 15.4. The van der Waals surface area contributed by atoms with E-state index in [1.165, 1.54) is 0 Å². The van der Waals surface area contributed by atoms with Gasteiger partial charge in [-0.25, -0.2) is 0 Å². The minimum absolute atomic E-state index is 0.216. The first-order chi connectivity index (χ1) is 8.81. The van der Waals surface area contributed by atoms with E-state index in [2.05, 4.69) is 13.8 Å². The zero-order valence-corrected chi connectivity index (χ0v) is 14.1. The third-order valence-corrected chi connectivity index (χ3v) is 3.24. The third-order valence-electron chi connectivity index (χ3n) is 3.24. The number of carbonyl (C=O) groups excluding carboxylic acids is 2. The fourth-order valence-electron chi connectivity index (χ4n) is 2.01. The Hall–Kier alpha value is -0.660. The number of rotatable bonds is 8. The third kappa shape index (κ3) is 10.9. The summed E-state index contributed by atoms with van der Waals surface area (Å²) in [5, 5.41) is 0. The molecule has 0 aromatic rings. The van der Waals surface area contributed by atoms with E-state index in [0.717, 1.165) is 25.7 Å². The average Bonchev–Trinajstić information content (AvgIpc) is 2.37. The van der Waals surface area contributed by atoms with Crippen molar-refractivity contribution in [3.8, 4) is 0 Å². The summed E-state index contributed by atoms with van der Waals surface area (Å²) in [6.07, 6.45) is 5.08. The number of hydrogen-bond acceptors (Lipinski definition) is 2. The normalized spacial score (nSPS) is 10.6. The monoisotopic (exact) mass is 270 g/mol. The summed E-state index contributed by atoms with van der Waals surface area (Å²) in [6, 6.07) is 0. The summed E-state index contributed by atoms with van der Waals surface area (Å²) in [5.74, 6) is 1.58. The predicted molar refractivity (Wildman–Crippen MR) is 83.3 cm³/mol. The standard InChI is InChI=1S/C11H22O.C6H12O/c1-5-7-10(8-6-2)11(12)9(3)4;1-4-6(7)5(2)3/h9-10H,5-8H2,1-4H3;5H,4H2,1-3H3. The SMILES string of the molecule is CCC(=O)C(C)C.CCCC(CCC)C(=O)C(C)C. The molecule has 0 radical (unpaired) electrons. The molecule has 114 valence electrons. The van der Waals surface area contributed by atoms with Crippen LogP contribution in [0.1, 0.15) is 80.6 Å². The van der Waals surface area contributed by atoms with Gasteiger partial charge in [-0.1, -0.05) is 61.3 Å². The molecule has 0 aromatic heterocycles. The smallest absolute Gasteiger partial charge is 0.138 e. The minimum Gasteiger partial charge on any atom is -0.299 e. The van der Waals surface area contributed by atoms with Crippen molar-refractivity contribution >= 4 is 11.6 Å². The molecular weight excluding hydrogens is 236 g/mol.